The van der Waals surface area contributed by atoms with E-state index in [2.05, 4.69) is 16.0 Å². The number of amides is 4. The Morgan fingerprint density at radius 3 is 1.94 bits per heavy atom. The Morgan fingerprint density at radius 2 is 1.46 bits per heavy atom. The Bertz CT molecular complexity index is 762. The van der Waals surface area contributed by atoms with Gasteiger partial charge in [-0.25, -0.2) is 4.79 Å². The van der Waals surface area contributed by atoms with E-state index in [0.717, 1.165) is 0 Å². The van der Waals surface area contributed by atoms with E-state index in [1.807, 2.05) is 0 Å². The third-order valence-electron chi connectivity index (χ3n) is 5.39. The zero-order valence-electron chi connectivity index (χ0n) is 20.1. The highest BCUT2D eigenvalue weighted by molar-refractivity contribution is 5.95. The SMILES string of the molecule is CCC(C)C(NC(=O)C(CCCCN)NC(=O)C(N)CC(N)=O)C(=O)NC(CCC(=O)O)C(=O)O. The summed E-state index contributed by atoms with van der Waals surface area (Å²) >= 11 is 0. The van der Waals surface area contributed by atoms with Crippen LogP contribution in [-0.4, -0.2) is 76.5 Å². The van der Waals surface area contributed by atoms with E-state index in [1.54, 1.807) is 13.8 Å². The molecule has 0 fully saturated rings. The van der Waals surface area contributed by atoms with Gasteiger partial charge in [-0.1, -0.05) is 20.3 Å². The van der Waals surface area contributed by atoms with Crippen molar-refractivity contribution in [3.05, 3.63) is 0 Å². The van der Waals surface area contributed by atoms with Crippen LogP contribution in [0.4, 0.5) is 0 Å². The van der Waals surface area contributed by atoms with Gasteiger partial charge in [0, 0.05) is 6.42 Å². The Hall–Kier alpha value is -3.26. The van der Waals surface area contributed by atoms with Gasteiger partial charge in [0.25, 0.3) is 0 Å². The van der Waals surface area contributed by atoms with Crippen LogP contribution >= 0.6 is 0 Å². The van der Waals surface area contributed by atoms with Gasteiger partial charge in [0.05, 0.1) is 12.5 Å². The smallest absolute Gasteiger partial charge is 0.326 e. The maximum atomic E-state index is 13.0. The Kier molecular flexibility index (Phi) is 14.9. The van der Waals surface area contributed by atoms with E-state index in [9.17, 15) is 33.9 Å². The summed E-state index contributed by atoms with van der Waals surface area (Å²) in [6, 6.07) is -4.99. The predicted octanol–water partition coefficient (Wildman–Crippen LogP) is -2.23. The Morgan fingerprint density at radius 1 is 0.857 bits per heavy atom. The summed E-state index contributed by atoms with van der Waals surface area (Å²) in [5.41, 5.74) is 16.2. The van der Waals surface area contributed by atoms with Crippen LogP contribution in [0.2, 0.25) is 0 Å². The zero-order valence-corrected chi connectivity index (χ0v) is 20.1. The highest BCUT2D eigenvalue weighted by Gasteiger charge is 2.32. The minimum Gasteiger partial charge on any atom is -0.481 e. The summed E-state index contributed by atoms with van der Waals surface area (Å²) in [5, 5.41) is 25.4. The normalized spacial score (nSPS) is 15.1. The van der Waals surface area contributed by atoms with Crippen molar-refractivity contribution in [3.8, 4) is 0 Å². The van der Waals surface area contributed by atoms with Crippen LogP contribution in [0.5, 0.6) is 0 Å². The molecule has 0 saturated heterocycles. The molecule has 0 aliphatic heterocycles. The lowest BCUT2D eigenvalue weighted by Crippen LogP contribution is -2.58. The van der Waals surface area contributed by atoms with Gasteiger partial charge in [-0.15, -0.1) is 0 Å². The molecule has 11 N–H and O–H groups in total. The van der Waals surface area contributed by atoms with Gasteiger partial charge in [0.2, 0.25) is 23.6 Å². The number of carbonyl (C=O) groups excluding carboxylic acids is 4. The topological polar surface area (TPSA) is 257 Å². The molecule has 0 heterocycles. The molecule has 0 aromatic heterocycles. The summed E-state index contributed by atoms with van der Waals surface area (Å²) in [6.45, 7) is 3.79. The van der Waals surface area contributed by atoms with Crippen molar-refractivity contribution >= 4 is 35.6 Å². The second-order valence-electron chi connectivity index (χ2n) is 8.33. The predicted molar refractivity (Wildman–Crippen MR) is 124 cm³/mol. The first-order valence-corrected chi connectivity index (χ1v) is 11.4. The molecule has 200 valence electrons. The summed E-state index contributed by atoms with van der Waals surface area (Å²) in [5.74, 6) is -6.14. The molecule has 0 rings (SSSR count). The number of unbranched alkanes of at least 4 members (excludes halogenated alkanes) is 1. The molecule has 14 heteroatoms. The summed E-state index contributed by atoms with van der Waals surface area (Å²) < 4.78 is 0. The van der Waals surface area contributed by atoms with Crippen molar-refractivity contribution in [3.63, 3.8) is 0 Å². The quantitative estimate of drug-likeness (QED) is 0.0935. The highest BCUT2D eigenvalue weighted by Crippen LogP contribution is 2.11. The van der Waals surface area contributed by atoms with Gasteiger partial charge < -0.3 is 43.4 Å². The first kappa shape index (κ1) is 31.7. The molecule has 0 bridgehead atoms. The van der Waals surface area contributed by atoms with Gasteiger partial charge in [0.15, 0.2) is 0 Å². The fourth-order valence-corrected chi connectivity index (χ4v) is 3.09. The maximum Gasteiger partial charge on any atom is 0.326 e. The average Bonchev–Trinajstić information content (AvgIpc) is 2.77. The minimum absolute atomic E-state index is 0.170. The number of aliphatic carboxylic acids is 2. The van der Waals surface area contributed by atoms with Gasteiger partial charge in [-0.3, -0.25) is 24.0 Å². The molecule has 5 atom stereocenters. The first-order valence-electron chi connectivity index (χ1n) is 11.4. The zero-order chi connectivity index (χ0) is 27.1. The van der Waals surface area contributed by atoms with Crippen LogP contribution in [-0.2, 0) is 28.8 Å². The van der Waals surface area contributed by atoms with Crippen molar-refractivity contribution in [1.82, 2.24) is 16.0 Å². The summed E-state index contributed by atoms with van der Waals surface area (Å²) in [6.07, 6.45) is 0.407. The van der Waals surface area contributed by atoms with Crippen molar-refractivity contribution in [1.29, 1.82) is 0 Å². The average molecular weight is 503 g/mol. The molecule has 0 aromatic carbocycles. The standard InChI is InChI=1S/C21H38N6O8/c1-3-11(2)17(20(33)26-14(21(34)35)7-8-16(29)30)27-19(32)13(6-4-5-9-22)25-18(31)12(23)10-15(24)28/h11-14,17H,3-10,22-23H2,1-2H3,(H2,24,28)(H,25,31)(H,26,33)(H,27,32)(H,29,30)(H,34,35). The molecular formula is C21H38N6O8. The van der Waals surface area contributed by atoms with Gasteiger partial charge in [-0.05, 0) is 38.1 Å². The molecule has 0 radical (unpaired) electrons. The van der Waals surface area contributed by atoms with Crippen LogP contribution in [0.15, 0.2) is 0 Å². The summed E-state index contributed by atoms with van der Waals surface area (Å²) in [7, 11) is 0. The van der Waals surface area contributed by atoms with Crippen molar-refractivity contribution < 1.29 is 39.0 Å². The van der Waals surface area contributed by atoms with E-state index in [1.165, 1.54) is 0 Å². The van der Waals surface area contributed by atoms with Crippen molar-refractivity contribution in [2.75, 3.05) is 6.54 Å². The third kappa shape index (κ3) is 12.7. The van der Waals surface area contributed by atoms with Crippen molar-refractivity contribution in [2.24, 2.45) is 23.1 Å². The maximum absolute atomic E-state index is 13.0. The number of hydrogen-bond donors (Lipinski definition) is 8. The second kappa shape index (κ2) is 16.4. The fourth-order valence-electron chi connectivity index (χ4n) is 3.09. The minimum atomic E-state index is -1.46. The molecule has 4 amide bonds. The number of primary amides is 1. The number of nitrogens with two attached hydrogens (primary N) is 3. The lowest BCUT2D eigenvalue weighted by atomic mass is 9.96. The number of carbonyl (C=O) groups is 6. The lowest BCUT2D eigenvalue weighted by molar-refractivity contribution is -0.143. The van der Waals surface area contributed by atoms with Crippen LogP contribution in [0.25, 0.3) is 0 Å². The summed E-state index contributed by atoms with van der Waals surface area (Å²) in [4.78, 5) is 71.5. The van der Waals surface area contributed by atoms with Crippen LogP contribution in [0.1, 0.15) is 58.8 Å². The highest BCUT2D eigenvalue weighted by atomic mass is 16.4. The van der Waals surface area contributed by atoms with E-state index in [0.29, 0.717) is 25.8 Å². The number of nitrogens with one attached hydrogen (secondary N) is 3. The van der Waals surface area contributed by atoms with E-state index in [-0.39, 0.29) is 12.8 Å². The monoisotopic (exact) mass is 502 g/mol. The van der Waals surface area contributed by atoms with Crippen LogP contribution in [0, 0.1) is 5.92 Å². The number of carboxylic acids is 2. The van der Waals surface area contributed by atoms with E-state index >= 15 is 0 Å². The second-order valence-corrected chi connectivity index (χ2v) is 8.33. The Labute approximate surface area is 203 Å². The molecule has 0 aromatic rings. The van der Waals surface area contributed by atoms with Crippen LogP contribution < -0.4 is 33.2 Å². The third-order valence-corrected chi connectivity index (χ3v) is 5.39. The van der Waals surface area contributed by atoms with Gasteiger partial charge >= 0.3 is 11.9 Å². The Balaban J connectivity index is 5.57. The number of hydrogen-bond acceptors (Lipinski definition) is 8. The molecule has 35 heavy (non-hydrogen) atoms. The largest absolute Gasteiger partial charge is 0.481 e. The molecule has 0 aliphatic rings. The van der Waals surface area contributed by atoms with E-state index in [4.69, 9.17) is 22.3 Å². The number of carboxylic acid groups (broad SMARTS) is 2. The van der Waals surface area contributed by atoms with Gasteiger partial charge in [-0.2, -0.15) is 0 Å². The van der Waals surface area contributed by atoms with Gasteiger partial charge in [0.1, 0.15) is 18.1 Å². The van der Waals surface area contributed by atoms with Crippen molar-refractivity contribution in [2.45, 2.75) is 83.0 Å². The fraction of sp³-hybridized carbons (Fsp3) is 0.714. The van der Waals surface area contributed by atoms with Crippen LogP contribution in [0.3, 0.4) is 0 Å². The number of rotatable bonds is 18. The first-order chi connectivity index (χ1) is 16.3. The molecular weight excluding hydrogens is 464 g/mol. The molecule has 0 aliphatic carbocycles. The molecule has 5 unspecified atom stereocenters. The molecule has 0 saturated carbocycles. The lowest BCUT2D eigenvalue weighted by Gasteiger charge is -2.28. The van der Waals surface area contributed by atoms with E-state index < -0.39 is 78.5 Å². The molecule has 0 spiro atoms. The molecule has 14 nitrogen and oxygen atoms in total.